The van der Waals surface area contributed by atoms with Crippen molar-refractivity contribution in [1.82, 2.24) is 4.57 Å². The van der Waals surface area contributed by atoms with E-state index in [4.69, 9.17) is 0 Å². The molecule has 0 saturated heterocycles. The highest BCUT2D eigenvalue weighted by atomic mass is 32.1. The second kappa shape index (κ2) is 12.6. The minimum absolute atomic E-state index is 0.0699. The van der Waals surface area contributed by atoms with E-state index < -0.39 is 6.10 Å². The van der Waals surface area contributed by atoms with E-state index in [2.05, 4.69) is 48.9 Å². The highest BCUT2D eigenvalue weighted by Gasteiger charge is 2.19. The van der Waals surface area contributed by atoms with Crippen molar-refractivity contribution in [2.75, 3.05) is 0 Å². The highest BCUT2D eigenvalue weighted by Crippen LogP contribution is 2.30. The first-order valence-electron chi connectivity index (χ1n) is 14.0. The van der Waals surface area contributed by atoms with Crippen LogP contribution in [0.3, 0.4) is 0 Å². The molecule has 0 amide bonds. The number of aromatic nitrogens is 1. The van der Waals surface area contributed by atoms with E-state index in [-0.39, 0.29) is 28.8 Å². The Balaban J connectivity index is 1.29. The summed E-state index contributed by atoms with van der Waals surface area (Å²) in [5.41, 5.74) is 5.87. The maximum absolute atomic E-state index is 13.4. The first-order valence-corrected chi connectivity index (χ1v) is 14.9. The van der Waals surface area contributed by atoms with Gasteiger partial charge in [0.05, 0.1) is 11.7 Å². The van der Waals surface area contributed by atoms with Crippen molar-refractivity contribution in [2.45, 2.75) is 45.8 Å². The Kier molecular flexibility index (Phi) is 8.72. The molecule has 3 aromatic carbocycles. The molecule has 2 heterocycles. The smallest absolute Gasteiger partial charge is 0.193 e. The number of phenolic OH excluding ortho intramolecular Hbond substituents is 2. The number of aromatic hydroxyl groups is 2. The summed E-state index contributed by atoms with van der Waals surface area (Å²) in [4.78, 5) is 13.4. The molecule has 0 radical (unpaired) electrons. The normalized spacial score (nSPS) is 13.4. The quantitative estimate of drug-likeness (QED) is 0.112. The van der Waals surface area contributed by atoms with Gasteiger partial charge in [0.1, 0.15) is 11.5 Å². The summed E-state index contributed by atoms with van der Waals surface area (Å²) < 4.78 is 2.24. The average molecular weight is 566 g/mol. The van der Waals surface area contributed by atoms with Gasteiger partial charge in [0.25, 0.3) is 0 Å². The van der Waals surface area contributed by atoms with Crippen LogP contribution in [0.5, 0.6) is 11.5 Å². The van der Waals surface area contributed by atoms with Crippen molar-refractivity contribution in [2.24, 2.45) is 5.92 Å². The lowest BCUT2D eigenvalue weighted by Gasteiger charge is -2.19. The molecule has 0 bridgehead atoms. The van der Waals surface area contributed by atoms with E-state index in [0.29, 0.717) is 12.0 Å². The second-order valence-corrected chi connectivity index (χ2v) is 11.4. The van der Waals surface area contributed by atoms with Gasteiger partial charge in [0, 0.05) is 36.3 Å². The Morgan fingerprint density at radius 3 is 2.49 bits per heavy atom. The van der Waals surface area contributed by atoms with E-state index >= 15 is 0 Å². The van der Waals surface area contributed by atoms with Crippen LogP contribution in [0.25, 0.3) is 17.0 Å². The number of Topliss-reactive ketones (excluding diaryl/α,β-unsaturated/α-hetero) is 1. The number of aliphatic hydroxyl groups is 1. The summed E-state index contributed by atoms with van der Waals surface area (Å²) in [6.07, 6.45) is 5.52. The molecule has 2 aromatic heterocycles. The molecule has 5 nitrogen and oxygen atoms in total. The topological polar surface area (TPSA) is 82.7 Å². The zero-order chi connectivity index (χ0) is 28.9. The second-order valence-electron chi connectivity index (χ2n) is 10.6. The minimum Gasteiger partial charge on any atom is -0.508 e. The molecule has 2 unspecified atom stereocenters. The number of allylic oxidation sites excluding steroid dienone is 1. The van der Waals surface area contributed by atoms with Crippen molar-refractivity contribution in [3.63, 3.8) is 0 Å². The fourth-order valence-electron chi connectivity index (χ4n) is 5.25. The summed E-state index contributed by atoms with van der Waals surface area (Å²) in [6, 6.07) is 22.4. The van der Waals surface area contributed by atoms with E-state index in [9.17, 15) is 20.1 Å². The van der Waals surface area contributed by atoms with Crippen LogP contribution < -0.4 is 0 Å². The number of carbonyl (C=O) groups is 1. The van der Waals surface area contributed by atoms with Gasteiger partial charge in [0.2, 0.25) is 0 Å². The third-order valence-electron chi connectivity index (χ3n) is 7.71. The number of aliphatic hydroxyl groups excluding tert-OH is 1. The SMILES string of the molecule is CCn1ccc2cc(CCC(C)C(O)c3ccc(C=C(Cc4ccsc4)C(=O)c4ccc(O)cc4O)cc3)ccc21. The minimum atomic E-state index is -0.598. The van der Waals surface area contributed by atoms with E-state index in [0.717, 1.165) is 36.1 Å². The van der Waals surface area contributed by atoms with Crippen LogP contribution in [0.15, 0.2) is 95.3 Å². The van der Waals surface area contributed by atoms with Crippen molar-refractivity contribution >= 4 is 34.1 Å². The van der Waals surface area contributed by atoms with Crippen molar-refractivity contribution in [3.8, 4) is 11.5 Å². The number of hydrogen-bond donors (Lipinski definition) is 3. The first-order chi connectivity index (χ1) is 19.8. The van der Waals surface area contributed by atoms with Gasteiger partial charge in [0.15, 0.2) is 5.78 Å². The van der Waals surface area contributed by atoms with Crippen LogP contribution in [0.2, 0.25) is 0 Å². The number of nitrogens with zero attached hydrogens (tertiary/aromatic N) is 1. The fourth-order valence-corrected chi connectivity index (χ4v) is 5.92. The van der Waals surface area contributed by atoms with Crippen molar-refractivity contribution in [3.05, 3.63) is 123 Å². The zero-order valence-corrected chi connectivity index (χ0v) is 24.1. The number of hydrogen-bond acceptors (Lipinski definition) is 5. The standard InChI is InChI=1S/C35H35NO4S/c1-3-36-16-14-28-18-24(8-13-32(28)36)5-4-23(2)34(39)27-9-6-25(7-10-27)19-29(20-26-15-17-41-22-26)35(40)31-12-11-30(37)21-33(31)38/h6-19,21-23,34,37-39H,3-5,20H2,1-2H3. The fraction of sp³-hybridized carbons (Fsp3) is 0.229. The maximum Gasteiger partial charge on any atom is 0.193 e. The molecule has 3 N–H and O–H groups in total. The molecule has 5 aromatic rings. The van der Waals surface area contributed by atoms with Crippen LogP contribution in [-0.4, -0.2) is 25.7 Å². The van der Waals surface area contributed by atoms with E-state index in [1.54, 1.807) is 11.3 Å². The summed E-state index contributed by atoms with van der Waals surface area (Å²) in [5.74, 6) is -0.576. The predicted octanol–water partition coefficient (Wildman–Crippen LogP) is 7.95. The summed E-state index contributed by atoms with van der Waals surface area (Å²) in [5, 5.41) is 36.2. The number of carbonyl (C=O) groups excluding carboxylic acids is 1. The molecule has 0 aliphatic carbocycles. The van der Waals surface area contributed by atoms with Crippen molar-refractivity contribution in [1.29, 1.82) is 0 Å². The van der Waals surface area contributed by atoms with Crippen LogP contribution in [0, 0.1) is 5.92 Å². The van der Waals surface area contributed by atoms with Crippen LogP contribution >= 0.6 is 11.3 Å². The molecule has 41 heavy (non-hydrogen) atoms. The molecular weight excluding hydrogens is 530 g/mol. The van der Waals surface area contributed by atoms with Gasteiger partial charge in [-0.2, -0.15) is 11.3 Å². The van der Waals surface area contributed by atoms with Gasteiger partial charge >= 0.3 is 0 Å². The molecule has 0 saturated carbocycles. The maximum atomic E-state index is 13.4. The van der Waals surface area contributed by atoms with Crippen molar-refractivity contribution < 1.29 is 20.1 Å². The summed E-state index contributed by atoms with van der Waals surface area (Å²) in [6.45, 7) is 5.17. The number of phenols is 2. The van der Waals surface area contributed by atoms with E-state index in [1.165, 1.54) is 34.7 Å². The molecule has 5 rings (SSSR count). The Morgan fingerprint density at radius 1 is 0.976 bits per heavy atom. The number of benzene rings is 3. The molecule has 0 aliphatic heterocycles. The lowest BCUT2D eigenvalue weighted by Crippen LogP contribution is -2.10. The number of aryl methyl sites for hydroxylation is 2. The molecule has 210 valence electrons. The van der Waals surface area contributed by atoms with Crippen LogP contribution in [0.1, 0.15) is 59.0 Å². The third kappa shape index (κ3) is 6.62. The monoisotopic (exact) mass is 565 g/mol. The highest BCUT2D eigenvalue weighted by molar-refractivity contribution is 7.07. The van der Waals surface area contributed by atoms with Crippen LogP contribution in [0.4, 0.5) is 0 Å². The Morgan fingerprint density at radius 2 is 1.78 bits per heavy atom. The number of rotatable bonds is 11. The van der Waals surface area contributed by atoms with Gasteiger partial charge in [-0.1, -0.05) is 37.3 Å². The molecule has 0 aliphatic rings. The largest absolute Gasteiger partial charge is 0.508 e. The lowest BCUT2D eigenvalue weighted by atomic mass is 9.90. The average Bonchev–Trinajstić information content (AvgIpc) is 3.64. The Hall–Kier alpha value is -4.13. The molecule has 0 spiro atoms. The molecule has 6 heteroatoms. The van der Waals surface area contributed by atoms with Gasteiger partial charge in [-0.05, 0) is 107 Å². The zero-order valence-electron chi connectivity index (χ0n) is 23.3. The first kappa shape index (κ1) is 28.4. The molecule has 0 fully saturated rings. The summed E-state index contributed by atoms with van der Waals surface area (Å²) in [7, 11) is 0. The Labute approximate surface area is 244 Å². The number of fused-ring (bicyclic) bond motifs is 1. The number of ketones is 1. The van der Waals surface area contributed by atoms with E-state index in [1.807, 2.05) is 47.2 Å². The summed E-state index contributed by atoms with van der Waals surface area (Å²) >= 11 is 1.56. The van der Waals surface area contributed by atoms with Gasteiger partial charge in [-0.25, -0.2) is 0 Å². The van der Waals surface area contributed by atoms with Gasteiger partial charge < -0.3 is 19.9 Å². The Bertz CT molecular complexity index is 1660. The predicted molar refractivity (Wildman–Crippen MR) is 167 cm³/mol. The number of thiophene rings is 1. The van der Waals surface area contributed by atoms with Crippen LogP contribution in [-0.2, 0) is 19.4 Å². The third-order valence-corrected chi connectivity index (χ3v) is 8.45. The molecular formula is C35H35NO4S. The van der Waals surface area contributed by atoms with Gasteiger partial charge in [-0.15, -0.1) is 0 Å². The lowest BCUT2D eigenvalue weighted by molar-refractivity contribution is 0.103. The van der Waals surface area contributed by atoms with Gasteiger partial charge in [-0.3, -0.25) is 4.79 Å². The molecule has 2 atom stereocenters.